The largest absolute Gasteiger partial charge is 0.480 e. The fraction of sp³-hybridized carbons (Fsp3) is 0.762. The van der Waals surface area contributed by atoms with E-state index < -0.39 is 66.1 Å². The van der Waals surface area contributed by atoms with Crippen molar-refractivity contribution in [1.82, 2.24) is 16.0 Å². The Morgan fingerprint density at radius 2 is 1.28 bits per heavy atom. The monoisotopic (exact) mass is 457 g/mol. The van der Waals surface area contributed by atoms with Crippen molar-refractivity contribution in [3.63, 3.8) is 0 Å². The van der Waals surface area contributed by atoms with Crippen LogP contribution in [0.1, 0.15) is 60.8 Å². The maximum atomic E-state index is 12.8. The average Bonchev–Trinajstić information content (AvgIpc) is 2.72. The summed E-state index contributed by atoms with van der Waals surface area (Å²) in [6.45, 7) is 10.5. The molecule has 4 amide bonds. The van der Waals surface area contributed by atoms with Crippen molar-refractivity contribution in [2.24, 2.45) is 29.2 Å². The molecule has 184 valence electrons. The molecule has 0 aromatic carbocycles. The second-order valence-electron chi connectivity index (χ2n) is 8.58. The van der Waals surface area contributed by atoms with Crippen LogP contribution >= 0.6 is 0 Å². The van der Waals surface area contributed by atoms with E-state index in [1.165, 1.54) is 0 Å². The molecule has 0 spiro atoms. The first-order chi connectivity index (χ1) is 14.8. The van der Waals surface area contributed by atoms with E-state index in [-0.39, 0.29) is 11.8 Å². The van der Waals surface area contributed by atoms with Gasteiger partial charge < -0.3 is 32.5 Å². The molecule has 0 bridgehead atoms. The molecule has 0 saturated heterocycles. The lowest BCUT2D eigenvalue weighted by Crippen LogP contribution is -2.59. The fourth-order valence-corrected chi connectivity index (χ4v) is 2.91. The Balaban J connectivity index is 5.53. The van der Waals surface area contributed by atoms with Crippen LogP contribution in [0.2, 0.25) is 0 Å². The van der Waals surface area contributed by atoms with Crippen molar-refractivity contribution in [2.75, 3.05) is 0 Å². The number of rotatable bonds is 14. The number of carboxylic acid groups (broad SMARTS) is 1. The summed E-state index contributed by atoms with van der Waals surface area (Å²) in [5, 5.41) is 16.8. The van der Waals surface area contributed by atoms with Gasteiger partial charge in [0.25, 0.3) is 0 Å². The predicted octanol–water partition coefficient (Wildman–Crippen LogP) is -0.524. The third-order valence-corrected chi connectivity index (χ3v) is 5.62. The minimum atomic E-state index is -1.33. The Morgan fingerprint density at radius 1 is 0.781 bits per heavy atom. The van der Waals surface area contributed by atoms with Crippen LogP contribution in [0.4, 0.5) is 0 Å². The first kappa shape index (κ1) is 29.3. The molecular weight excluding hydrogens is 418 g/mol. The lowest BCUT2D eigenvalue weighted by molar-refractivity contribution is -0.144. The Morgan fingerprint density at radius 3 is 1.69 bits per heavy atom. The number of primary amides is 1. The number of hydrogen-bond donors (Lipinski definition) is 6. The van der Waals surface area contributed by atoms with Gasteiger partial charge >= 0.3 is 5.97 Å². The van der Waals surface area contributed by atoms with E-state index in [1.54, 1.807) is 34.6 Å². The quantitative estimate of drug-likeness (QED) is 0.202. The van der Waals surface area contributed by atoms with Gasteiger partial charge in [-0.25, -0.2) is 4.79 Å². The molecule has 0 fully saturated rings. The van der Waals surface area contributed by atoms with Gasteiger partial charge in [-0.15, -0.1) is 0 Å². The van der Waals surface area contributed by atoms with E-state index in [0.717, 1.165) is 0 Å². The summed E-state index contributed by atoms with van der Waals surface area (Å²) in [4.78, 5) is 61.0. The number of nitrogens with one attached hydrogen (secondary N) is 3. The second kappa shape index (κ2) is 13.7. The van der Waals surface area contributed by atoms with Crippen LogP contribution in [0.25, 0.3) is 0 Å². The Kier molecular flexibility index (Phi) is 12.5. The van der Waals surface area contributed by atoms with Crippen molar-refractivity contribution in [3.05, 3.63) is 0 Å². The highest BCUT2D eigenvalue weighted by Crippen LogP contribution is 2.11. The normalized spacial score (nSPS) is 16.8. The van der Waals surface area contributed by atoms with Crippen LogP contribution in [0.5, 0.6) is 0 Å². The standard InChI is InChI=1S/C21H39N5O6/c1-7-11(5)15(23)19(29)24-13(9-14(22)27)18(28)25-16(10(3)4)20(30)26-17(21(31)32)12(6)8-2/h10-13,15-17H,7-9,23H2,1-6H3,(H2,22,27)(H,24,29)(H,25,28)(H,26,30)(H,31,32). The third kappa shape index (κ3) is 9.21. The molecule has 0 radical (unpaired) electrons. The number of hydrogen-bond acceptors (Lipinski definition) is 6. The maximum absolute atomic E-state index is 12.8. The molecule has 0 rings (SSSR count). The molecular formula is C21H39N5O6. The molecule has 11 nitrogen and oxygen atoms in total. The lowest BCUT2D eigenvalue weighted by Gasteiger charge is -2.28. The van der Waals surface area contributed by atoms with Crippen LogP contribution < -0.4 is 27.4 Å². The Labute approximate surface area is 189 Å². The van der Waals surface area contributed by atoms with Gasteiger partial charge in [0.15, 0.2) is 0 Å². The summed E-state index contributed by atoms with van der Waals surface area (Å²) in [6, 6.07) is -4.43. The zero-order valence-corrected chi connectivity index (χ0v) is 19.8. The van der Waals surface area contributed by atoms with Gasteiger partial charge in [0.2, 0.25) is 23.6 Å². The molecule has 0 aliphatic heterocycles. The first-order valence-corrected chi connectivity index (χ1v) is 10.9. The predicted molar refractivity (Wildman–Crippen MR) is 119 cm³/mol. The van der Waals surface area contributed by atoms with Gasteiger partial charge in [-0.05, 0) is 17.8 Å². The average molecular weight is 458 g/mol. The van der Waals surface area contributed by atoms with Gasteiger partial charge in [-0.1, -0.05) is 54.4 Å². The number of carboxylic acids is 1. The summed E-state index contributed by atoms with van der Waals surface area (Å²) < 4.78 is 0. The second-order valence-corrected chi connectivity index (χ2v) is 8.58. The van der Waals surface area contributed by atoms with E-state index in [9.17, 15) is 29.1 Å². The van der Waals surface area contributed by atoms with Crippen molar-refractivity contribution in [3.8, 4) is 0 Å². The number of aliphatic carboxylic acids is 1. The van der Waals surface area contributed by atoms with Crippen molar-refractivity contribution in [2.45, 2.75) is 85.0 Å². The molecule has 6 atom stereocenters. The van der Waals surface area contributed by atoms with Crippen LogP contribution in [-0.2, 0) is 24.0 Å². The molecule has 0 aromatic heterocycles. The molecule has 0 aliphatic rings. The van der Waals surface area contributed by atoms with Crippen LogP contribution in [0.15, 0.2) is 0 Å². The van der Waals surface area contributed by atoms with Crippen LogP contribution in [0.3, 0.4) is 0 Å². The minimum absolute atomic E-state index is 0.157. The van der Waals surface area contributed by atoms with E-state index in [1.807, 2.05) is 6.92 Å². The topological polar surface area (TPSA) is 194 Å². The van der Waals surface area contributed by atoms with Crippen molar-refractivity contribution >= 4 is 29.6 Å². The van der Waals surface area contributed by atoms with Gasteiger partial charge in [0.05, 0.1) is 12.5 Å². The molecule has 8 N–H and O–H groups in total. The Bertz CT molecular complexity index is 684. The molecule has 0 aliphatic carbocycles. The summed E-state index contributed by atoms with van der Waals surface area (Å²) >= 11 is 0. The zero-order valence-electron chi connectivity index (χ0n) is 19.8. The smallest absolute Gasteiger partial charge is 0.326 e. The Hall–Kier alpha value is -2.69. The highest BCUT2D eigenvalue weighted by atomic mass is 16.4. The summed E-state index contributed by atoms with van der Waals surface area (Å²) in [7, 11) is 0. The zero-order chi connectivity index (χ0) is 25.2. The number of carbonyl (C=O) groups excluding carboxylic acids is 4. The van der Waals surface area contributed by atoms with Gasteiger partial charge in [0, 0.05) is 0 Å². The SMILES string of the molecule is CCC(C)C(N)C(=O)NC(CC(N)=O)C(=O)NC(C(=O)NC(C(=O)O)C(C)CC)C(C)C. The number of nitrogens with two attached hydrogens (primary N) is 2. The van der Waals surface area contributed by atoms with Crippen molar-refractivity contribution < 1.29 is 29.1 Å². The molecule has 0 saturated carbocycles. The van der Waals surface area contributed by atoms with Gasteiger partial charge in [0.1, 0.15) is 18.1 Å². The van der Waals surface area contributed by atoms with E-state index in [0.29, 0.717) is 12.8 Å². The molecule has 11 heteroatoms. The summed E-state index contributed by atoms with van der Waals surface area (Å²) in [5.74, 6) is -4.99. The maximum Gasteiger partial charge on any atom is 0.326 e. The van der Waals surface area contributed by atoms with Crippen molar-refractivity contribution in [1.29, 1.82) is 0 Å². The lowest BCUT2D eigenvalue weighted by atomic mass is 9.97. The van der Waals surface area contributed by atoms with E-state index >= 15 is 0 Å². The number of carbonyl (C=O) groups is 5. The van der Waals surface area contributed by atoms with E-state index in [2.05, 4.69) is 16.0 Å². The summed E-state index contributed by atoms with van der Waals surface area (Å²) in [5.41, 5.74) is 11.1. The molecule has 0 heterocycles. The summed E-state index contributed by atoms with van der Waals surface area (Å²) in [6.07, 6.45) is 0.679. The molecule has 0 aromatic rings. The molecule has 6 unspecified atom stereocenters. The highest BCUT2D eigenvalue weighted by molar-refractivity contribution is 5.96. The fourth-order valence-electron chi connectivity index (χ4n) is 2.91. The number of amides is 4. The third-order valence-electron chi connectivity index (χ3n) is 5.62. The van der Waals surface area contributed by atoms with Crippen LogP contribution in [0, 0.1) is 17.8 Å². The van der Waals surface area contributed by atoms with Gasteiger partial charge in [-0.3, -0.25) is 19.2 Å². The van der Waals surface area contributed by atoms with Gasteiger partial charge in [-0.2, -0.15) is 0 Å². The highest BCUT2D eigenvalue weighted by Gasteiger charge is 2.34. The van der Waals surface area contributed by atoms with Crippen LogP contribution in [-0.4, -0.2) is 58.9 Å². The first-order valence-electron chi connectivity index (χ1n) is 10.9. The minimum Gasteiger partial charge on any atom is -0.480 e. The van der Waals surface area contributed by atoms with E-state index in [4.69, 9.17) is 11.5 Å². The molecule has 32 heavy (non-hydrogen) atoms.